The Morgan fingerprint density at radius 2 is 1.78 bits per heavy atom. The highest BCUT2D eigenvalue weighted by molar-refractivity contribution is 6.06. The quantitative estimate of drug-likeness (QED) is 0.381. The van der Waals surface area contributed by atoms with Gasteiger partial charge in [0.05, 0.1) is 12.2 Å². The van der Waals surface area contributed by atoms with Gasteiger partial charge in [0.25, 0.3) is 5.91 Å². The van der Waals surface area contributed by atoms with E-state index >= 15 is 0 Å². The van der Waals surface area contributed by atoms with Gasteiger partial charge in [-0.15, -0.1) is 0 Å². The maximum Gasteiger partial charge on any atom is 0.411 e. The monoisotopic (exact) mass is 565 g/mol. The lowest BCUT2D eigenvalue weighted by Crippen LogP contribution is -2.52. The number of fused-ring (bicyclic) bond motifs is 1. The molecule has 0 spiro atoms. The summed E-state index contributed by atoms with van der Waals surface area (Å²) in [6.07, 6.45) is -0.381. The Bertz CT molecular complexity index is 1530. The van der Waals surface area contributed by atoms with E-state index in [2.05, 4.69) is 10.6 Å². The van der Waals surface area contributed by atoms with Crippen LogP contribution in [0, 0.1) is 11.6 Å². The number of benzene rings is 3. The molecule has 41 heavy (non-hydrogen) atoms. The third-order valence-corrected chi connectivity index (χ3v) is 6.60. The number of amides is 4. The molecule has 12 heteroatoms. The fourth-order valence-electron chi connectivity index (χ4n) is 4.67. The molecule has 1 unspecified atom stereocenters. The van der Waals surface area contributed by atoms with Gasteiger partial charge in [-0.25, -0.2) is 13.6 Å². The normalized spacial score (nSPS) is 16.2. The van der Waals surface area contributed by atoms with Crippen molar-refractivity contribution in [2.75, 3.05) is 11.9 Å². The van der Waals surface area contributed by atoms with Gasteiger partial charge in [-0.1, -0.05) is 12.1 Å². The molecule has 5 rings (SSSR count). The van der Waals surface area contributed by atoms with E-state index in [1.807, 2.05) is 0 Å². The molecular weight excluding hydrogens is 540 g/mol. The molecule has 1 atom stereocenters. The van der Waals surface area contributed by atoms with Gasteiger partial charge in [0.1, 0.15) is 29.9 Å². The molecule has 0 aromatic heterocycles. The number of carbonyl (C=O) groups excluding carboxylic acids is 4. The molecule has 10 nitrogen and oxygen atoms in total. The van der Waals surface area contributed by atoms with Crippen LogP contribution < -0.4 is 20.1 Å². The van der Waals surface area contributed by atoms with Crippen LogP contribution in [0.4, 0.5) is 19.3 Å². The van der Waals surface area contributed by atoms with E-state index in [0.29, 0.717) is 28.1 Å². The average Bonchev–Trinajstić information content (AvgIpc) is 3.27. The minimum Gasteiger partial charge on any atom is -0.493 e. The third-order valence-electron chi connectivity index (χ3n) is 6.60. The summed E-state index contributed by atoms with van der Waals surface area (Å²) in [5.41, 5.74) is 1.83. The van der Waals surface area contributed by atoms with E-state index < -0.39 is 35.6 Å². The van der Waals surface area contributed by atoms with Crippen molar-refractivity contribution in [1.82, 2.24) is 10.2 Å². The number of hydrogen-bond donors (Lipinski definition) is 2. The maximum atomic E-state index is 13.4. The van der Waals surface area contributed by atoms with Crippen molar-refractivity contribution in [2.24, 2.45) is 0 Å². The molecule has 2 N–H and O–H groups in total. The van der Waals surface area contributed by atoms with Gasteiger partial charge in [-0.2, -0.15) is 0 Å². The van der Waals surface area contributed by atoms with E-state index in [0.717, 1.165) is 12.1 Å². The number of halogens is 2. The van der Waals surface area contributed by atoms with Gasteiger partial charge in [0.2, 0.25) is 11.8 Å². The standard InChI is InChI=1S/C29H25F2N3O7/c1-2-39-26-17(4-3-16-14-34(28(37)25(16)26)23-11-12-24(35)33-27(23)36)15-40-29(38)32-18-5-7-19(8-6-18)41-20-9-10-21(30)22(31)13-20/h3-10,13,23H,2,11-12,14-15H2,1H3,(H,32,38)(H,33,35,36). The van der Waals surface area contributed by atoms with Crippen LogP contribution >= 0.6 is 0 Å². The summed E-state index contributed by atoms with van der Waals surface area (Å²) in [6, 6.07) is 12.0. The molecule has 0 aliphatic carbocycles. The van der Waals surface area contributed by atoms with Crippen molar-refractivity contribution in [3.8, 4) is 17.2 Å². The molecule has 2 heterocycles. The number of ether oxygens (including phenoxy) is 3. The highest BCUT2D eigenvalue weighted by Crippen LogP contribution is 2.36. The van der Waals surface area contributed by atoms with E-state index in [1.54, 1.807) is 31.2 Å². The summed E-state index contributed by atoms with van der Waals surface area (Å²) in [5.74, 6) is -2.56. The molecule has 0 saturated carbocycles. The van der Waals surface area contributed by atoms with Gasteiger partial charge >= 0.3 is 6.09 Å². The number of carbonyl (C=O) groups is 4. The molecule has 3 aromatic rings. The number of rotatable bonds is 8. The fourth-order valence-corrected chi connectivity index (χ4v) is 4.67. The van der Waals surface area contributed by atoms with Crippen LogP contribution in [0.2, 0.25) is 0 Å². The molecule has 212 valence electrons. The Kier molecular flexibility index (Phi) is 7.81. The number of anilines is 1. The van der Waals surface area contributed by atoms with Gasteiger partial charge in [-0.05, 0) is 55.3 Å². The Balaban J connectivity index is 1.22. The summed E-state index contributed by atoms with van der Waals surface area (Å²) in [4.78, 5) is 51.1. The van der Waals surface area contributed by atoms with E-state index in [-0.39, 0.29) is 50.0 Å². The zero-order chi connectivity index (χ0) is 29.1. The molecule has 2 aliphatic rings. The van der Waals surface area contributed by atoms with Crippen molar-refractivity contribution in [3.63, 3.8) is 0 Å². The second kappa shape index (κ2) is 11.6. The molecule has 0 bridgehead atoms. The highest BCUT2D eigenvalue weighted by Gasteiger charge is 2.41. The second-order valence-corrected chi connectivity index (χ2v) is 9.32. The topological polar surface area (TPSA) is 123 Å². The first-order valence-corrected chi connectivity index (χ1v) is 12.8. The molecular formula is C29H25F2N3O7. The van der Waals surface area contributed by atoms with Crippen LogP contribution in [0.15, 0.2) is 54.6 Å². The average molecular weight is 566 g/mol. The van der Waals surface area contributed by atoms with E-state index in [1.165, 1.54) is 23.1 Å². The molecule has 0 radical (unpaired) electrons. The maximum absolute atomic E-state index is 13.4. The van der Waals surface area contributed by atoms with Crippen molar-refractivity contribution in [3.05, 3.63) is 82.9 Å². The number of piperidine rings is 1. The summed E-state index contributed by atoms with van der Waals surface area (Å²) < 4.78 is 43.1. The first-order chi connectivity index (χ1) is 19.7. The second-order valence-electron chi connectivity index (χ2n) is 9.32. The van der Waals surface area contributed by atoms with Crippen LogP contribution in [0.5, 0.6) is 17.2 Å². The van der Waals surface area contributed by atoms with Gasteiger partial charge < -0.3 is 19.1 Å². The van der Waals surface area contributed by atoms with Crippen LogP contribution in [-0.2, 0) is 27.5 Å². The molecule has 1 fully saturated rings. The van der Waals surface area contributed by atoms with Gasteiger partial charge in [0, 0.05) is 30.3 Å². The predicted octanol–water partition coefficient (Wildman–Crippen LogP) is 4.67. The number of imide groups is 1. The summed E-state index contributed by atoms with van der Waals surface area (Å²) in [7, 11) is 0. The molecule has 4 amide bonds. The lowest BCUT2D eigenvalue weighted by atomic mass is 10.0. The zero-order valence-corrected chi connectivity index (χ0v) is 21.9. The highest BCUT2D eigenvalue weighted by atomic mass is 19.2. The van der Waals surface area contributed by atoms with Gasteiger partial charge in [0.15, 0.2) is 11.6 Å². The SMILES string of the molecule is CCOc1c(COC(=O)Nc2ccc(Oc3ccc(F)c(F)c3)cc2)ccc2c1C(=O)N(C1CCC(=O)NC1=O)C2. The largest absolute Gasteiger partial charge is 0.493 e. The summed E-state index contributed by atoms with van der Waals surface area (Å²) in [6.45, 7) is 2.00. The van der Waals surface area contributed by atoms with Crippen molar-refractivity contribution >= 4 is 29.5 Å². The summed E-state index contributed by atoms with van der Waals surface area (Å²) in [5, 5.41) is 4.85. The predicted molar refractivity (Wildman–Crippen MR) is 140 cm³/mol. The fraction of sp³-hybridized carbons (Fsp3) is 0.241. The first kappa shape index (κ1) is 27.6. The van der Waals surface area contributed by atoms with Crippen LogP contribution in [0.25, 0.3) is 0 Å². The zero-order valence-electron chi connectivity index (χ0n) is 21.9. The minimum absolute atomic E-state index is 0.113. The first-order valence-electron chi connectivity index (χ1n) is 12.8. The number of nitrogens with zero attached hydrogens (tertiary/aromatic N) is 1. The minimum atomic E-state index is -1.03. The molecule has 1 saturated heterocycles. The molecule has 3 aromatic carbocycles. The smallest absolute Gasteiger partial charge is 0.411 e. The summed E-state index contributed by atoms with van der Waals surface area (Å²) >= 11 is 0. The molecule has 2 aliphatic heterocycles. The lowest BCUT2D eigenvalue weighted by molar-refractivity contribution is -0.136. The van der Waals surface area contributed by atoms with Crippen LogP contribution in [0.3, 0.4) is 0 Å². The van der Waals surface area contributed by atoms with Crippen molar-refractivity contribution in [2.45, 2.75) is 39.0 Å². The van der Waals surface area contributed by atoms with Crippen LogP contribution in [0.1, 0.15) is 41.3 Å². The lowest BCUT2D eigenvalue weighted by Gasteiger charge is -2.29. The Labute approximate surface area is 233 Å². The Morgan fingerprint density at radius 3 is 2.49 bits per heavy atom. The number of hydrogen-bond acceptors (Lipinski definition) is 7. The van der Waals surface area contributed by atoms with Crippen molar-refractivity contribution in [1.29, 1.82) is 0 Å². The number of nitrogens with one attached hydrogen (secondary N) is 2. The third kappa shape index (κ3) is 5.96. The van der Waals surface area contributed by atoms with Crippen LogP contribution in [-0.4, -0.2) is 41.4 Å². The van der Waals surface area contributed by atoms with E-state index in [9.17, 15) is 28.0 Å². The Hall–Kier alpha value is -5.00. The Morgan fingerprint density at radius 1 is 1.02 bits per heavy atom. The van der Waals surface area contributed by atoms with Gasteiger partial charge in [-0.3, -0.25) is 25.0 Å². The van der Waals surface area contributed by atoms with Crippen molar-refractivity contribution < 1.29 is 42.2 Å². The van der Waals surface area contributed by atoms with E-state index in [4.69, 9.17) is 14.2 Å².